The first-order chi connectivity index (χ1) is 13.3. The Morgan fingerprint density at radius 2 is 1.79 bits per heavy atom. The molecule has 0 saturated heterocycles. The second-order valence-electron chi connectivity index (χ2n) is 8.60. The van der Waals surface area contributed by atoms with Crippen molar-refractivity contribution in [3.63, 3.8) is 0 Å². The predicted molar refractivity (Wildman–Crippen MR) is 106 cm³/mol. The minimum atomic E-state index is -3.92. The van der Waals surface area contributed by atoms with Crippen molar-refractivity contribution < 1.29 is 13.3 Å². The minimum Gasteiger partial charge on any atom is -0.258 e. The number of non-ortho nitro benzene ring substituents is 1. The van der Waals surface area contributed by atoms with Crippen molar-refractivity contribution in [1.29, 1.82) is 0 Å². The van der Waals surface area contributed by atoms with Crippen molar-refractivity contribution >= 4 is 32.2 Å². The van der Waals surface area contributed by atoms with Crippen LogP contribution < -0.4 is 4.72 Å². The van der Waals surface area contributed by atoms with Crippen molar-refractivity contribution in [1.82, 2.24) is 4.98 Å². The van der Waals surface area contributed by atoms with Crippen molar-refractivity contribution in [2.24, 2.45) is 17.8 Å². The molecule has 0 atom stereocenters. The molecule has 1 aromatic heterocycles. The largest absolute Gasteiger partial charge is 0.270 e. The average Bonchev–Trinajstić information content (AvgIpc) is 3.09. The molecule has 4 saturated carbocycles. The monoisotopic (exact) mass is 419 g/mol. The molecule has 4 bridgehead atoms. The van der Waals surface area contributed by atoms with Crippen molar-refractivity contribution in [2.75, 3.05) is 4.72 Å². The van der Waals surface area contributed by atoms with Crippen LogP contribution in [0.5, 0.6) is 0 Å². The van der Waals surface area contributed by atoms with Crippen LogP contribution in [0, 0.1) is 27.9 Å². The standard InChI is InChI=1S/C19H21N3O4S2/c23-22(24)15-2-1-3-16(7-15)28(25,26)21-18-20-17(11-27-18)19-8-12-4-13(9-19)6-14(5-12)10-19/h1-3,7,11-14H,4-6,8-10H2,(H,20,21). The van der Waals surface area contributed by atoms with E-state index in [4.69, 9.17) is 0 Å². The number of rotatable bonds is 5. The van der Waals surface area contributed by atoms with Gasteiger partial charge in [0.15, 0.2) is 5.13 Å². The van der Waals surface area contributed by atoms with Crippen molar-refractivity contribution in [3.8, 4) is 0 Å². The maximum Gasteiger partial charge on any atom is 0.270 e. The number of nitro benzene ring substituents is 1. The predicted octanol–water partition coefficient (Wildman–Crippen LogP) is 4.32. The van der Waals surface area contributed by atoms with Gasteiger partial charge in [0.25, 0.3) is 15.7 Å². The zero-order valence-electron chi connectivity index (χ0n) is 15.2. The fourth-order valence-electron chi connectivity index (χ4n) is 5.93. The quantitative estimate of drug-likeness (QED) is 0.574. The van der Waals surface area contributed by atoms with E-state index in [0.717, 1.165) is 29.5 Å². The summed E-state index contributed by atoms with van der Waals surface area (Å²) in [6.45, 7) is 0. The highest BCUT2D eigenvalue weighted by molar-refractivity contribution is 7.93. The summed E-state index contributed by atoms with van der Waals surface area (Å²) in [6.07, 6.45) is 7.53. The molecule has 7 nitrogen and oxygen atoms in total. The van der Waals surface area contributed by atoms with Crippen LogP contribution in [0.25, 0.3) is 0 Å². The number of sulfonamides is 1. The van der Waals surface area contributed by atoms with Crippen LogP contribution in [0.15, 0.2) is 34.5 Å². The third-order valence-electron chi connectivity index (χ3n) is 6.65. The summed E-state index contributed by atoms with van der Waals surface area (Å²) < 4.78 is 27.8. The fourth-order valence-corrected chi connectivity index (χ4v) is 8.05. The van der Waals surface area contributed by atoms with Gasteiger partial charge in [-0.15, -0.1) is 11.3 Å². The Hall–Kier alpha value is -2.00. The molecule has 6 rings (SSSR count). The van der Waals surface area contributed by atoms with E-state index in [1.807, 2.05) is 5.38 Å². The lowest BCUT2D eigenvalue weighted by atomic mass is 9.49. The minimum absolute atomic E-state index is 0.112. The van der Waals surface area contributed by atoms with E-state index in [1.54, 1.807) is 0 Å². The van der Waals surface area contributed by atoms with E-state index < -0.39 is 14.9 Å². The number of benzene rings is 1. The molecular formula is C19H21N3O4S2. The van der Waals surface area contributed by atoms with E-state index in [-0.39, 0.29) is 16.0 Å². The molecule has 0 unspecified atom stereocenters. The highest BCUT2D eigenvalue weighted by atomic mass is 32.2. The third-order valence-corrected chi connectivity index (χ3v) is 8.87. The molecule has 0 aliphatic heterocycles. The molecule has 1 aromatic carbocycles. The molecule has 0 amide bonds. The summed E-state index contributed by atoms with van der Waals surface area (Å²) in [5, 5.41) is 13.3. The Bertz CT molecular complexity index is 1010. The van der Waals surface area contributed by atoms with Gasteiger partial charge in [-0.1, -0.05) is 6.07 Å². The second-order valence-corrected chi connectivity index (χ2v) is 11.1. The first-order valence-electron chi connectivity index (χ1n) is 9.56. The first-order valence-corrected chi connectivity index (χ1v) is 11.9. The number of aromatic nitrogens is 1. The maximum absolute atomic E-state index is 12.7. The van der Waals surface area contributed by atoms with Crippen LogP contribution >= 0.6 is 11.3 Å². The number of nitrogens with zero attached hydrogens (tertiary/aromatic N) is 2. The third kappa shape index (κ3) is 3.00. The van der Waals surface area contributed by atoms with Gasteiger partial charge in [0.05, 0.1) is 15.5 Å². The van der Waals surface area contributed by atoms with Gasteiger partial charge in [-0.3, -0.25) is 14.8 Å². The molecule has 2 aromatic rings. The highest BCUT2D eigenvalue weighted by Gasteiger charge is 2.52. The van der Waals surface area contributed by atoms with Crippen LogP contribution in [0.1, 0.15) is 44.2 Å². The van der Waals surface area contributed by atoms with Crippen LogP contribution in [-0.4, -0.2) is 18.3 Å². The number of hydrogen-bond donors (Lipinski definition) is 1. The summed E-state index contributed by atoms with van der Waals surface area (Å²) in [5.41, 5.74) is 0.880. The summed E-state index contributed by atoms with van der Waals surface area (Å²) in [4.78, 5) is 14.9. The zero-order valence-corrected chi connectivity index (χ0v) is 16.8. The maximum atomic E-state index is 12.7. The van der Waals surface area contributed by atoms with Crippen LogP contribution in [0.2, 0.25) is 0 Å². The summed E-state index contributed by atoms with van der Waals surface area (Å²) >= 11 is 1.30. The number of nitro groups is 1. The molecule has 9 heteroatoms. The lowest BCUT2D eigenvalue weighted by Gasteiger charge is -2.56. The van der Waals surface area contributed by atoms with Crippen LogP contribution in [0.4, 0.5) is 10.8 Å². The highest BCUT2D eigenvalue weighted by Crippen LogP contribution is 2.60. The summed E-state index contributed by atoms with van der Waals surface area (Å²) in [5.74, 6) is 2.37. The smallest absolute Gasteiger partial charge is 0.258 e. The molecule has 0 spiro atoms. The van der Waals surface area contributed by atoms with Gasteiger partial charge in [-0.05, 0) is 62.3 Å². The van der Waals surface area contributed by atoms with Gasteiger partial charge in [0, 0.05) is 22.9 Å². The van der Waals surface area contributed by atoms with E-state index in [9.17, 15) is 18.5 Å². The van der Waals surface area contributed by atoms with E-state index >= 15 is 0 Å². The normalized spacial score (nSPS) is 31.1. The summed E-state index contributed by atoms with van der Waals surface area (Å²) in [6, 6.07) is 5.06. The molecule has 4 aliphatic carbocycles. The van der Waals surface area contributed by atoms with Crippen LogP contribution in [0.3, 0.4) is 0 Å². The van der Waals surface area contributed by atoms with Gasteiger partial charge in [-0.25, -0.2) is 13.4 Å². The SMILES string of the molecule is O=[N+]([O-])c1cccc(S(=O)(=O)Nc2nc(C34CC5CC(CC(C5)C3)C4)cs2)c1. The average molecular weight is 420 g/mol. The Labute approximate surface area is 167 Å². The van der Waals surface area contributed by atoms with Gasteiger partial charge in [0.1, 0.15) is 0 Å². The van der Waals surface area contributed by atoms with E-state index in [0.29, 0.717) is 5.13 Å². The zero-order chi connectivity index (χ0) is 19.5. The fraction of sp³-hybridized carbons (Fsp3) is 0.526. The topological polar surface area (TPSA) is 102 Å². The van der Waals surface area contributed by atoms with Crippen molar-refractivity contribution in [3.05, 3.63) is 45.5 Å². The first kappa shape index (κ1) is 18.1. The number of thiazole rings is 1. The van der Waals surface area contributed by atoms with E-state index in [2.05, 4.69) is 9.71 Å². The number of anilines is 1. The Morgan fingerprint density at radius 1 is 1.14 bits per heavy atom. The van der Waals surface area contributed by atoms with Gasteiger partial charge in [0.2, 0.25) is 0 Å². The molecule has 1 heterocycles. The van der Waals surface area contributed by atoms with Gasteiger partial charge < -0.3 is 0 Å². The summed E-state index contributed by atoms with van der Waals surface area (Å²) in [7, 11) is -3.92. The van der Waals surface area contributed by atoms with Gasteiger partial charge in [-0.2, -0.15) is 0 Å². The second kappa shape index (κ2) is 6.25. The molecule has 148 valence electrons. The lowest BCUT2D eigenvalue weighted by Crippen LogP contribution is -2.48. The Balaban J connectivity index is 1.40. The molecule has 28 heavy (non-hydrogen) atoms. The Kier molecular flexibility index (Phi) is 4.03. The number of nitrogens with one attached hydrogen (secondary N) is 1. The molecule has 0 radical (unpaired) electrons. The Morgan fingerprint density at radius 3 is 2.39 bits per heavy atom. The molecule has 1 N–H and O–H groups in total. The van der Waals surface area contributed by atoms with Gasteiger partial charge >= 0.3 is 0 Å². The number of hydrogen-bond acceptors (Lipinski definition) is 6. The van der Waals surface area contributed by atoms with Crippen LogP contribution in [-0.2, 0) is 15.4 Å². The lowest BCUT2D eigenvalue weighted by molar-refractivity contribution is -0.385. The van der Waals surface area contributed by atoms with Crippen molar-refractivity contribution in [2.45, 2.75) is 48.8 Å². The molecular weight excluding hydrogens is 398 g/mol. The van der Waals surface area contributed by atoms with E-state index in [1.165, 1.54) is 68.1 Å². The molecule has 4 aliphatic rings. The molecule has 4 fully saturated rings.